The Labute approximate surface area is 159 Å². The fourth-order valence-electron chi connectivity index (χ4n) is 2.99. The molecule has 1 aliphatic rings. The van der Waals surface area contributed by atoms with Gasteiger partial charge in [-0.1, -0.05) is 0 Å². The standard InChI is InChI=1S/C20H25N4O3/c1-22-8-6-16(7-9-22)18(15-25)21-23(2)19-5-4-17(14-20(19)26-3)24-10-12-27-13-11-24/h4-9,14-15H,10-13H2,1-3H3/q+1. The van der Waals surface area contributed by atoms with Gasteiger partial charge in [-0.25, -0.2) is 4.57 Å². The van der Waals surface area contributed by atoms with E-state index in [1.54, 1.807) is 19.2 Å². The molecule has 0 spiro atoms. The van der Waals surface area contributed by atoms with Crippen molar-refractivity contribution in [3.63, 3.8) is 0 Å². The van der Waals surface area contributed by atoms with Crippen LogP contribution in [0.3, 0.4) is 0 Å². The minimum Gasteiger partial charge on any atom is -0.494 e. The van der Waals surface area contributed by atoms with Gasteiger partial charge >= 0.3 is 0 Å². The lowest BCUT2D eigenvalue weighted by atomic mass is 10.2. The Morgan fingerprint density at radius 2 is 1.96 bits per heavy atom. The molecule has 142 valence electrons. The molecular weight excluding hydrogens is 344 g/mol. The molecule has 7 nitrogen and oxygen atoms in total. The van der Waals surface area contributed by atoms with Gasteiger partial charge < -0.3 is 14.4 Å². The van der Waals surface area contributed by atoms with Gasteiger partial charge in [0.05, 0.1) is 20.3 Å². The predicted octanol–water partition coefficient (Wildman–Crippen LogP) is 1.40. The molecule has 0 bridgehead atoms. The Morgan fingerprint density at radius 1 is 1.26 bits per heavy atom. The Hall–Kier alpha value is -2.93. The summed E-state index contributed by atoms with van der Waals surface area (Å²) in [6.07, 6.45) is 4.53. The van der Waals surface area contributed by atoms with Gasteiger partial charge in [-0.15, -0.1) is 0 Å². The molecule has 0 atom stereocenters. The van der Waals surface area contributed by atoms with Crippen LogP contribution < -0.4 is 19.2 Å². The number of pyridine rings is 1. The van der Waals surface area contributed by atoms with Crippen molar-refractivity contribution in [2.45, 2.75) is 0 Å². The normalized spacial score (nSPS) is 14.8. The monoisotopic (exact) mass is 369 g/mol. The summed E-state index contributed by atoms with van der Waals surface area (Å²) >= 11 is 0. The van der Waals surface area contributed by atoms with Crippen molar-refractivity contribution in [2.75, 3.05) is 50.4 Å². The summed E-state index contributed by atoms with van der Waals surface area (Å²) in [4.78, 5) is 13.8. The van der Waals surface area contributed by atoms with Crippen molar-refractivity contribution in [1.82, 2.24) is 0 Å². The highest BCUT2D eigenvalue weighted by molar-refractivity contribution is 6.36. The topological polar surface area (TPSA) is 58.3 Å². The maximum atomic E-state index is 11.6. The molecule has 0 unspecified atom stereocenters. The van der Waals surface area contributed by atoms with Crippen molar-refractivity contribution in [1.29, 1.82) is 0 Å². The highest BCUT2D eigenvalue weighted by atomic mass is 16.5. The highest BCUT2D eigenvalue weighted by Crippen LogP contribution is 2.32. The second-order valence-electron chi connectivity index (χ2n) is 6.33. The van der Waals surface area contributed by atoms with Crippen LogP contribution in [-0.4, -0.2) is 52.5 Å². The molecule has 0 amide bonds. The average Bonchev–Trinajstić information content (AvgIpc) is 2.72. The zero-order chi connectivity index (χ0) is 19.2. The van der Waals surface area contributed by atoms with Crippen LogP contribution in [0.25, 0.3) is 0 Å². The van der Waals surface area contributed by atoms with E-state index in [0.29, 0.717) is 11.5 Å². The van der Waals surface area contributed by atoms with Crippen LogP contribution in [0.1, 0.15) is 5.56 Å². The quantitative estimate of drug-likeness (QED) is 0.333. The number of carbonyl (C=O) groups is 1. The Morgan fingerprint density at radius 3 is 2.59 bits per heavy atom. The predicted molar refractivity (Wildman–Crippen MR) is 105 cm³/mol. The maximum Gasteiger partial charge on any atom is 0.170 e. The molecule has 2 heterocycles. The molecule has 7 heteroatoms. The number of hydrazone groups is 1. The van der Waals surface area contributed by atoms with E-state index in [9.17, 15) is 4.79 Å². The summed E-state index contributed by atoms with van der Waals surface area (Å²) in [5, 5.41) is 6.14. The summed E-state index contributed by atoms with van der Waals surface area (Å²) < 4.78 is 12.9. The molecule has 1 aromatic carbocycles. The number of aldehydes is 1. The van der Waals surface area contributed by atoms with Crippen molar-refractivity contribution in [3.05, 3.63) is 48.3 Å². The Kier molecular flexibility index (Phi) is 6.03. The van der Waals surface area contributed by atoms with Gasteiger partial charge in [0.25, 0.3) is 0 Å². The molecular formula is C20H25N4O3+. The van der Waals surface area contributed by atoms with Gasteiger partial charge in [0, 0.05) is 49.6 Å². The smallest absolute Gasteiger partial charge is 0.170 e. The second-order valence-corrected chi connectivity index (χ2v) is 6.33. The van der Waals surface area contributed by atoms with Crippen LogP contribution in [0.5, 0.6) is 5.75 Å². The van der Waals surface area contributed by atoms with Gasteiger partial charge in [-0.05, 0) is 12.1 Å². The number of anilines is 2. The molecule has 0 radical (unpaired) electrons. The first-order valence-electron chi connectivity index (χ1n) is 8.86. The third-order valence-corrected chi connectivity index (χ3v) is 4.53. The molecule has 1 saturated heterocycles. The largest absolute Gasteiger partial charge is 0.494 e. The van der Waals surface area contributed by atoms with Crippen molar-refractivity contribution >= 4 is 23.4 Å². The number of rotatable bonds is 6. The number of hydrogen-bond acceptors (Lipinski definition) is 6. The first-order valence-corrected chi connectivity index (χ1v) is 8.86. The summed E-state index contributed by atoms with van der Waals surface area (Å²) in [7, 11) is 5.37. The van der Waals surface area contributed by atoms with E-state index in [1.807, 2.05) is 54.3 Å². The zero-order valence-corrected chi connectivity index (χ0v) is 16.0. The minimum absolute atomic E-state index is 0.359. The third-order valence-electron chi connectivity index (χ3n) is 4.53. The van der Waals surface area contributed by atoms with Crippen LogP contribution in [0, 0.1) is 0 Å². The summed E-state index contributed by atoms with van der Waals surface area (Å²) in [6.45, 7) is 3.17. The molecule has 3 rings (SSSR count). The zero-order valence-electron chi connectivity index (χ0n) is 16.0. The van der Waals surface area contributed by atoms with Crippen molar-refractivity contribution in [2.24, 2.45) is 12.1 Å². The van der Waals surface area contributed by atoms with Crippen molar-refractivity contribution in [3.8, 4) is 5.75 Å². The first-order chi connectivity index (χ1) is 13.1. The molecule has 1 aromatic heterocycles. The average molecular weight is 369 g/mol. The Balaban J connectivity index is 1.87. The van der Waals surface area contributed by atoms with Crippen LogP contribution in [0.15, 0.2) is 47.8 Å². The Bertz CT molecular complexity index is 814. The molecule has 2 aromatic rings. The number of hydrogen-bond donors (Lipinski definition) is 0. The van der Waals surface area contributed by atoms with Crippen LogP contribution >= 0.6 is 0 Å². The SMILES string of the molecule is COc1cc(N2CCOCC2)ccc1N(C)/N=C(\C=O)c1cc[n+](C)cc1. The number of aromatic nitrogens is 1. The fourth-order valence-corrected chi connectivity index (χ4v) is 2.99. The summed E-state index contributed by atoms with van der Waals surface area (Å²) in [5.74, 6) is 0.704. The van der Waals surface area contributed by atoms with Crippen molar-refractivity contribution < 1.29 is 18.8 Å². The summed E-state index contributed by atoms with van der Waals surface area (Å²) in [6, 6.07) is 9.72. The first kappa shape index (κ1) is 18.8. The van der Waals surface area contributed by atoms with E-state index in [-0.39, 0.29) is 0 Å². The number of ether oxygens (including phenoxy) is 2. The molecule has 0 saturated carbocycles. The molecule has 1 aliphatic heterocycles. The van der Waals surface area contributed by atoms with Gasteiger partial charge in [-0.2, -0.15) is 5.10 Å². The number of nitrogens with zero attached hydrogens (tertiary/aromatic N) is 4. The van der Waals surface area contributed by atoms with Crippen LogP contribution in [0.4, 0.5) is 11.4 Å². The van der Waals surface area contributed by atoms with Crippen LogP contribution in [-0.2, 0) is 16.6 Å². The number of methoxy groups -OCH3 is 1. The van der Waals surface area contributed by atoms with E-state index in [4.69, 9.17) is 9.47 Å². The third kappa shape index (κ3) is 4.43. The lowest BCUT2D eigenvalue weighted by Crippen LogP contribution is -2.36. The molecule has 0 N–H and O–H groups in total. The molecule has 27 heavy (non-hydrogen) atoms. The highest BCUT2D eigenvalue weighted by Gasteiger charge is 2.16. The minimum atomic E-state index is 0.359. The van der Waals surface area contributed by atoms with E-state index in [0.717, 1.165) is 49.5 Å². The molecule has 0 aliphatic carbocycles. The summed E-state index contributed by atoms with van der Waals surface area (Å²) in [5.41, 5.74) is 2.99. The maximum absolute atomic E-state index is 11.6. The van der Waals surface area contributed by atoms with Crippen LogP contribution in [0.2, 0.25) is 0 Å². The lowest BCUT2D eigenvalue weighted by Gasteiger charge is -2.29. The van der Waals surface area contributed by atoms with E-state index < -0.39 is 0 Å². The number of benzene rings is 1. The lowest BCUT2D eigenvalue weighted by molar-refractivity contribution is -0.671. The van der Waals surface area contributed by atoms with Gasteiger partial charge in [-0.3, -0.25) is 9.80 Å². The van der Waals surface area contributed by atoms with E-state index in [2.05, 4.69) is 10.0 Å². The number of morpholine rings is 1. The van der Waals surface area contributed by atoms with E-state index in [1.165, 1.54) is 0 Å². The number of carbonyl (C=O) groups excluding carboxylic acids is 1. The van der Waals surface area contributed by atoms with Gasteiger partial charge in [0.1, 0.15) is 24.2 Å². The van der Waals surface area contributed by atoms with E-state index >= 15 is 0 Å². The fraction of sp³-hybridized carbons (Fsp3) is 0.350. The second kappa shape index (κ2) is 8.64. The number of aryl methyl sites for hydroxylation is 1. The van der Waals surface area contributed by atoms with Gasteiger partial charge in [0.2, 0.25) is 0 Å². The van der Waals surface area contributed by atoms with Gasteiger partial charge in [0.15, 0.2) is 18.7 Å². The molecule has 1 fully saturated rings.